The molecule has 26 heavy (non-hydrogen) atoms. The highest BCUT2D eigenvalue weighted by molar-refractivity contribution is 7.13. The standard InChI is InChI=1S/C19H23N3O3S/c1-12-9-15(23-4)16(24-5)10-14(12)11-22(3)13(2)18-20-21-19(25-18)17-7-6-8-26-17/h6-10,13H,11H2,1-5H3/t13-/m0/s1. The molecule has 2 heterocycles. The molecule has 0 saturated carbocycles. The van der Waals surface area contributed by atoms with E-state index in [0.717, 1.165) is 34.0 Å². The van der Waals surface area contributed by atoms with Crippen LogP contribution in [-0.2, 0) is 6.54 Å². The molecule has 1 aromatic carbocycles. The summed E-state index contributed by atoms with van der Waals surface area (Å²) in [6.45, 7) is 4.85. The van der Waals surface area contributed by atoms with E-state index < -0.39 is 0 Å². The van der Waals surface area contributed by atoms with Gasteiger partial charge in [0, 0.05) is 6.54 Å². The van der Waals surface area contributed by atoms with Gasteiger partial charge in [0.25, 0.3) is 5.89 Å². The second-order valence-corrected chi connectivity index (χ2v) is 7.10. The zero-order chi connectivity index (χ0) is 18.7. The highest BCUT2D eigenvalue weighted by Gasteiger charge is 2.21. The van der Waals surface area contributed by atoms with E-state index in [1.807, 2.05) is 36.7 Å². The third kappa shape index (κ3) is 3.73. The molecule has 3 aromatic rings. The van der Waals surface area contributed by atoms with Gasteiger partial charge in [0.15, 0.2) is 11.5 Å². The summed E-state index contributed by atoms with van der Waals surface area (Å²) in [7, 11) is 5.33. The van der Waals surface area contributed by atoms with Crippen LogP contribution in [0.1, 0.15) is 30.0 Å². The first kappa shape index (κ1) is 18.4. The van der Waals surface area contributed by atoms with Crippen LogP contribution in [0.25, 0.3) is 10.8 Å². The van der Waals surface area contributed by atoms with E-state index in [4.69, 9.17) is 13.9 Å². The summed E-state index contributed by atoms with van der Waals surface area (Å²) in [4.78, 5) is 3.15. The second kappa shape index (κ2) is 7.88. The summed E-state index contributed by atoms with van der Waals surface area (Å²) in [6.07, 6.45) is 0. The Kier molecular flexibility index (Phi) is 5.58. The van der Waals surface area contributed by atoms with Gasteiger partial charge in [-0.25, -0.2) is 0 Å². The topological polar surface area (TPSA) is 60.6 Å². The minimum Gasteiger partial charge on any atom is -0.493 e. The predicted molar refractivity (Wildman–Crippen MR) is 102 cm³/mol. The molecule has 2 aromatic heterocycles. The molecule has 0 aliphatic carbocycles. The van der Waals surface area contributed by atoms with Gasteiger partial charge in [-0.15, -0.1) is 21.5 Å². The van der Waals surface area contributed by atoms with Crippen molar-refractivity contribution in [3.8, 4) is 22.3 Å². The van der Waals surface area contributed by atoms with Crippen LogP contribution < -0.4 is 9.47 Å². The molecule has 138 valence electrons. The van der Waals surface area contributed by atoms with Gasteiger partial charge < -0.3 is 13.9 Å². The summed E-state index contributed by atoms with van der Waals surface area (Å²) in [5, 5.41) is 10.4. The third-order valence-electron chi connectivity index (χ3n) is 4.45. The number of benzene rings is 1. The van der Waals surface area contributed by atoms with Crippen LogP contribution in [0.5, 0.6) is 11.5 Å². The van der Waals surface area contributed by atoms with Crippen molar-refractivity contribution in [1.29, 1.82) is 0 Å². The van der Waals surface area contributed by atoms with Crippen molar-refractivity contribution in [3.63, 3.8) is 0 Å². The molecule has 0 amide bonds. The molecule has 6 nitrogen and oxygen atoms in total. The van der Waals surface area contributed by atoms with Gasteiger partial charge in [0.2, 0.25) is 5.89 Å². The lowest BCUT2D eigenvalue weighted by molar-refractivity contribution is 0.217. The van der Waals surface area contributed by atoms with Gasteiger partial charge in [-0.1, -0.05) is 6.07 Å². The highest BCUT2D eigenvalue weighted by Crippen LogP contribution is 2.32. The molecule has 0 aliphatic heterocycles. The second-order valence-electron chi connectivity index (χ2n) is 6.15. The summed E-state index contributed by atoms with van der Waals surface area (Å²) in [5.41, 5.74) is 2.31. The third-order valence-corrected chi connectivity index (χ3v) is 5.31. The fourth-order valence-electron chi connectivity index (χ4n) is 2.69. The average molecular weight is 373 g/mol. The molecule has 1 atom stereocenters. The van der Waals surface area contributed by atoms with E-state index >= 15 is 0 Å². The van der Waals surface area contributed by atoms with E-state index in [1.54, 1.807) is 25.6 Å². The number of nitrogens with zero attached hydrogens (tertiary/aromatic N) is 3. The van der Waals surface area contributed by atoms with Gasteiger partial charge in [-0.3, -0.25) is 4.90 Å². The van der Waals surface area contributed by atoms with Crippen molar-refractivity contribution >= 4 is 11.3 Å². The molecule has 0 fully saturated rings. The van der Waals surface area contributed by atoms with Crippen LogP contribution in [0.2, 0.25) is 0 Å². The Hall–Kier alpha value is -2.38. The Labute approximate surface area is 157 Å². The lowest BCUT2D eigenvalue weighted by Crippen LogP contribution is -2.22. The first-order valence-corrected chi connectivity index (χ1v) is 9.20. The molecule has 0 aliphatic rings. The molecule has 3 rings (SSSR count). The van der Waals surface area contributed by atoms with Crippen LogP contribution >= 0.6 is 11.3 Å². The molecular formula is C19H23N3O3S. The van der Waals surface area contributed by atoms with E-state index in [9.17, 15) is 0 Å². The number of ether oxygens (including phenoxy) is 2. The first-order valence-electron chi connectivity index (χ1n) is 8.32. The summed E-state index contributed by atoms with van der Waals surface area (Å²) in [6, 6.07) is 7.95. The van der Waals surface area contributed by atoms with E-state index in [1.165, 1.54) is 0 Å². The fourth-order valence-corrected chi connectivity index (χ4v) is 3.33. The number of aromatic nitrogens is 2. The maximum Gasteiger partial charge on any atom is 0.257 e. The van der Waals surface area contributed by atoms with Gasteiger partial charge in [0.05, 0.1) is 25.1 Å². The molecule has 0 spiro atoms. The van der Waals surface area contributed by atoms with E-state index in [0.29, 0.717) is 11.8 Å². The number of aryl methyl sites for hydroxylation is 1. The molecule has 7 heteroatoms. The predicted octanol–water partition coefficient (Wildman–Crippen LogP) is 4.32. The highest BCUT2D eigenvalue weighted by atomic mass is 32.1. The maximum absolute atomic E-state index is 5.86. The van der Waals surface area contributed by atoms with Crippen molar-refractivity contribution in [2.24, 2.45) is 0 Å². The quantitative estimate of drug-likeness (QED) is 0.615. The molecule has 0 N–H and O–H groups in total. The minimum absolute atomic E-state index is 0.0105. The Morgan fingerprint density at radius 2 is 1.92 bits per heavy atom. The molecular weight excluding hydrogens is 350 g/mol. The van der Waals surface area contributed by atoms with Crippen LogP contribution in [-0.4, -0.2) is 36.4 Å². The summed E-state index contributed by atoms with van der Waals surface area (Å²) in [5.74, 6) is 2.64. The Balaban J connectivity index is 1.76. The van der Waals surface area contributed by atoms with Crippen molar-refractivity contribution in [3.05, 3.63) is 46.7 Å². The number of methoxy groups -OCH3 is 2. The summed E-state index contributed by atoms with van der Waals surface area (Å²) >= 11 is 1.59. The molecule has 0 saturated heterocycles. The number of hydrogen-bond acceptors (Lipinski definition) is 7. The lowest BCUT2D eigenvalue weighted by atomic mass is 10.1. The van der Waals surface area contributed by atoms with Crippen molar-refractivity contribution < 1.29 is 13.9 Å². The average Bonchev–Trinajstić information content (AvgIpc) is 3.33. The van der Waals surface area contributed by atoms with Crippen LogP contribution in [0.4, 0.5) is 0 Å². The van der Waals surface area contributed by atoms with Gasteiger partial charge in [-0.2, -0.15) is 0 Å². The SMILES string of the molecule is COc1cc(C)c(CN(C)[C@@H](C)c2nnc(-c3cccs3)o2)cc1OC. The monoisotopic (exact) mass is 373 g/mol. The summed E-state index contributed by atoms with van der Waals surface area (Å²) < 4.78 is 16.6. The van der Waals surface area contributed by atoms with Crippen molar-refractivity contribution in [1.82, 2.24) is 15.1 Å². The van der Waals surface area contributed by atoms with Gasteiger partial charge in [-0.05, 0) is 55.6 Å². The van der Waals surface area contributed by atoms with E-state index in [2.05, 4.69) is 28.9 Å². The Bertz CT molecular complexity index is 861. The minimum atomic E-state index is -0.0105. The maximum atomic E-state index is 5.86. The van der Waals surface area contributed by atoms with E-state index in [-0.39, 0.29) is 6.04 Å². The normalized spacial score (nSPS) is 12.4. The van der Waals surface area contributed by atoms with Crippen molar-refractivity contribution in [2.45, 2.75) is 26.4 Å². The molecule has 0 radical (unpaired) electrons. The molecule has 0 unspecified atom stereocenters. The number of thiophene rings is 1. The smallest absolute Gasteiger partial charge is 0.257 e. The van der Waals surface area contributed by atoms with Gasteiger partial charge >= 0.3 is 0 Å². The number of rotatable bonds is 7. The number of hydrogen-bond donors (Lipinski definition) is 0. The lowest BCUT2D eigenvalue weighted by Gasteiger charge is -2.23. The van der Waals surface area contributed by atoms with Gasteiger partial charge in [0.1, 0.15) is 0 Å². The largest absolute Gasteiger partial charge is 0.493 e. The van der Waals surface area contributed by atoms with Crippen molar-refractivity contribution in [2.75, 3.05) is 21.3 Å². The Morgan fingerprint density at radius 3 is 2.58 bits per heavy atom. The van der Waals surface area contributed by atoms with Crippen LogP contribution in [0.15, 0.2) is 34.1 Å². The van der Waals surface area contributed by atoms with Crippen LogP contribution in [0.3, 0.4) is 0 Å². The van der Waals surface area contributed by atoms with Crippen LogP contribution in [0, 0.1) is 6.92 Å². The fraction of sp³-hybridized carbons (Fsp3) is 0.368. The zero-order valence-corrected chi connectivity index (χ0v) is 16.5. The molecule has 0 bridgehead atoms. The zero-order valence-electron chi connectivity index (χ0n) is 15.6. The Morgan fingerprint density at radius 1 is 1.19 bits per heavy atom. The first-order chi connectivity index (χ1) is 12.5.